The van der Waals surface area contributed by atoms with Crippen LogP contribution in [0, 0.1) is 5.82 Å². The molecule has 2 aromatic carbocycles. The lowest BCUT2D eigenvalue weighted by atomic mass is 10.1. The van der Waals surface area contributed by atoms with Gasteiger partial charge in [0.1, 0.15) is 11.6 Å². The topological polar surface area (TPSA) is 95.9 Å². The highest BCUT2D eigenvalue weighted by Gasteiger charge is 2.34. The summed E-state index contributed by atoms with van der Waals surface area (Å²) >= 11 is 6.18. The van der Waals surface area contributed by atoms with Gasteiger partial charge >= 0.3 is 5.97 Å². The summed E-state index contributed by atoms with van der Waals surface area (Å²) < 4.78 is 18.7. The van der Waals surface area contributed by atoms with Gasteiger partial charge in [0, 0.05) is 11.1 Å². The van der Waals surface area contributed by atoms with Crippen molar-refractivity contribution < 1.29 is 28.6 Å². The normalized spacial score (nSPS) is 15.8. The molecule has 1 aliphatic rings. The zero-order valence-corrected chi connectivity index (χ0v) is 17.8. The lowest BCUT2D eigenvalue weighted by Crippen LogP contribution is -2.44. The fraction of sp³-hybridized carbons (Fsp3) is 0.143. The Bertz CT molecular complexity index is 1070. The van der Waals surface area contributed by atoms with E-state index in [0.717, 1.165) is 28.9 Å². The minimum Gasteiger partial charge on any atom is -0.479 e. The first-order valence-electron chi connectivity index (χ1n) is 9.13. The molecule has 0 aliphatic carbocycles. The Labute approximate surface area is 186 Å². The third-order valence-corrected chi connectivity index (χ3v) is 5.54. The fourth-order valence-corrected chi connectivity index (χ4v) is 3.81. The van der Waals surface area contributed by atoms with Crippen molar-refractivity contribution in [3.63, 3.8) is 0 Å². The Morgan fingerprint density at radius 1 is 1.26 bits per heavy atom. The van der Waals surface area contributed by atoms with Crippen LogP contribution in [-0.2, 0) is 9.59 Å². The van der Waals surface area contributed by atoms with Crippen molar-refractivity contribution >= 4 is 52.2 Å². The molecule has 7 nitrogen and oxygen atoms in total. The highest BCUT2D eigenvalue weighted by molar-refractivity contribution is 8.26. The van der Waals surface area contributed by atoms with E-state index in [0.29, 0.717) is 11.3 Å². The number of thiocarbonyl (C=S) groups is 1. The number of carboxylic acid groups (broad SMARTS) is 1. The Balaban J connectivity index is 1.80. The number of carbonyl (C=O) groups is 3. The maximum atomic E-state index is 13.0. The van der Waals surface area contributed by atoms with Gasteiger partial charge in [-0.25, -0.2) is 9.18 Å². The smallest absolute Gasteiger partial charge is 0.344 e. The molecule has 160 valence electrons. The van der Waals surface area contributed by atoms with Gasteiger partial charge in [0.15, 0.2) is 10.4 Å². The van der Waals surface area contributed by atoms with Crippen molar-refractivity contribution in [3.05, 3.63) is 70.4 Å². The van der Waals surface area contributed by atoms with Crippen LogP contribution < -0.4 is 10.2 Å². The summed E-state index contributed by atoms with van der Waals surface area (Å²) in [5.74, 6) is -2.44. The molecular weight excluding hydrogens is 443 g/mol. The molecule has 10 heteroatoms. The Morgan fingerprint density at radius 3 is 2.58 bits per heavy atom. The quantitative estimate of drug-likeness (QED) is 0.481. The van der Waals surface area contributed by atoms with E-state index in [9.17, 15) is 23.9 Å². The number of nitrogens with one attached hydrogen (secondary N) is 1. The fourth-order valence-electron chi connectivity index (χ4n) is 2.64. The number of carbonyl (C=O) groups excluding carboxylic acids is 2. The van der Waals surface area contributed by atoms with Crippen LogP contribution in [0.2, 0.25) is 0 Å². The molecule has 1 saturated heterocycles. The van der Waals surface area contributed by atoms with Crippen LogP contribution in [0.25, 0.3) is 6.08 Å². The molecule has 2 amide bonds. The standard InChI is InChI=1S/C21H17FN2O5S2/c1-2-15(20(27)28)29-16-6-4-3-5-13(16)11-17-19(26)24(21(30)31-17)23-18(25)12-7-9-14(22)10-8-12/h3-11,15H,2H2,1H3,(H,23,25)(H,27,28)/b17-11+. The number of thioether (sulfide) groups is 1. The molecule has 0 spiro atoms. The molecule has 1 fully saturated rings. The summed E-state index contributed by atoms with van der Waals surface area (Å²) in [5.41, 5.74) is 3.07. The molecule has 3 rings (SSSR count). The molecule has 0 radical (unpaired) electrons. The minimum absolute atomic E-state index is 0.113. The second-order valence-corrected chi connectivity index (χ2v) is 8.03. The molecule has 2 N–H and O–H groups in total. The summed E-state index contributed by atoms with van der Waals surface area (Å²) in [4.78, 5) is 36.6. The van der Waals surface area contributed by atoms with Crippen LogP contribution in [0.1, 0.15) is 29.3 Å². The Kier molecular flexibility index (Phi) is 7.03. The van der Waals surface area contributed by atoms with Crippen molar-refractivity contribution in [2.24, 2.45) is 0 Å². The third kappa shape index (κ3) is 5.28. The van der Waals surface area contributed by atoms with E-state index in [1.54, 1.807) is 31.2 Å². The van der Waals surface area contributed by atoms with Gasteiger partial charge in [-0.05, 0) is 55.0 Å². The van der Waals surface area contributed by atoms with Crippen molar-refractivity contribution in [1.82, 2.24) is 10.4 Å². The van der Waals surface area contributed by atoms with Crippen molar-refractivity contribution in [2.45, 2.75) is 19.4 Å². The number of para-hydroxylation sites is 1. The first-order chi connectivity index (χ1) is 14.8. The van der Waals surface area contributed by atoms with E-state index in [4.69, 9.17) is 17.0 Å². The SMILES string of the molecule is CCC(Oc1ccccc1/C=C1/SC(=S)N(NC(=O)c2ccc(F)cc2)C1=O)C(=O)O. The molecule has 2 aromatic rings. The summed E-state index contributed by atoms with van der Waals surface area (Å²) in [7, 11) is 0. The summed E-state index contributed by atoms with van der Waals surface area (Å²) in [5, 5.41) is 10.2. The van der Waals surface area contributed by atoms with E-state index in [2.05, 4.69) is 5.43 Å². The second kappa shape index (κ2) is 9.71. The number of benzene rings is 2. The van der Waals surface area contributed by atoms with Crippen LogP contribution in [0.5, 0.6) is 5.75 Å². The predicted octanol–water partition coefficient (Wildman–Crippen LogP) is 3.61. The monoisotopic (exact) mass is 460 g/mol. The predicted molar refractivity (Wildman–Crippen MR) is 118 cm³/mol. The van der Waals surface area contributed by atoms with Gasteiger partial charge in [-0.15, -0.1) is 0 Å². The zero-order chi connectivity index (χ0) is 22.5. The van der Waals surface area contributed by atoms with Gasteiger partial charge in [0.2, 0.25) is 0 Å². The molecule has 1 heterocycles. The van der Waals surface area contributed by atoms with Gasteiger partial charge in [-0.1, -0.05) is 36.9 Å². The number of hydrogen-bond donors (Lipinski definition) is 2. The molecule has 1 atom stereocenters. The van der Waals surface area contributed by atoms with Crippen LogP contribution >= 0.6 is 24.0 Å². The first kappa shape index (κ1) is 22.4. The average Bonchev–Trinajstić information content (AvgIpc) is 3.00. The average molecular weight is 461 g/mol. The largest absolute Gasteiger partial charge is 0.479 e. The minimum atomic E-state index is -1.09. The number of carboxylic acids is 1. The number of rotatable bonds is 7. The highest BCUT2D eigenvalue weighted by Crippen LogP contribution is 2.33. The van der Waals surface area contributed by atoms with Gasteiger partial charge in [0.05, 0.1) is 4.91 Å². The number of halogens is 1. The van der Waals surface area contributed by atoms with Crippen LogP contribution in [0.3, 0.4) is 0 Å². The number of aliphatic carboxylic acids is 1. The lowest BCUT2D eigenvalue weighted by Gasteiger charge is -2.16. The Hall–Kier alpha value is -3.24. The van der Waals surface area contributed by atoms with Crippen molar-refractivity contribution in [1.29, 1.82) is 0 Å². The van der Waals surface area contributed by atoms with Crippen LogP contribution in [0.15, 0.2) is 53.4 Å². The molecular formula is C21H17FN2O5S2. The summed E-state index contributed by atoms with van der Waals surface area (Å²) in [6.07, 6.45) is 0.758. The molecule has 0 bridgehead atoms. The van der Waals surface area contributed by atoms with Gasteiger partial charge in [0.25, 0.3) is 11.8 Å². The van der Waals surface area contributed by atoms with E-state index >= 15 is 0 Å². The van der Waals surface area contributed by atoms with E-state index in [1.807, 2.05) is 0 Å². The summed E-state index contributed by atoms with van der Waals surface area (Å²) in [6.45, 7) is 1.69. The van der Waals surface area contributed by atoms with Crippen LogP contribution in [0.4, 0.5) is 4.39 Å². The van der Waals surface area contributed by atoms with E-state index in [-0.39, 0.29) is 21.2 Å². The Morgan fingerprint density at radius 2 is 1.94 bits per heavy atom. The van der Waals surface area contributed by atoms with E-state index in [1.165, 1.54) is 18.2 Å². The summed E-state index contributed by atoms with van der Waals surface area (Å²) in [6, 6.07) is 11.5. The molecule has 0 saturated carbocycles. The first-order valence-corrected chi connectivity index (χ1v) is 10.4. The molecule has 1 aliphatic heterocycles. The number of hydrazine groups is 1. The van der Waals surface area contributed by atoms with Crippen molar-refractivity contribution in [3.8, 4) is 5.75 Å². The molecule has 0 aromatic heterocycles. The number of amides is 2. The maximum absolute atomic E-state index is 13.0. The third-order valence-electron chi connectivity index (χ3n) is 4.23. The van der Waals surface area contributed by atoms with Gasteiger partial charge in [-0.3, -0.25) is 15.0 Å². The van der Waals surface area contributed by atoms with E-state index < -0.39 is 29.7 Å². The van der Waals surface area contributed by atoms with Crippen molar-refractivity contribution in [2.75, 3.05) is 0 Å². The van der Waals surface area contributed by atoms with Gasteiger partial charge in [-0.2, -0.15) is 5.01 Å². The molecule has 31 heavy (non-hydrogen) atoms. The van der Waals surface area contributed by atoms with Gasteiger partial charge < -0.3 is 9.84 Å². The number of hydrogen-bond acceptors (Lipinski definition) is 6. The number of nitrogens with zero attached hydrogens (tertiary/aromatic N) is 1. The highest BCUT2D eigenvalue weighted by atomic mass is 32.2. The maximum Gasteiger partial charge on any atom is 0.344 e. The molecule has 1 unspecified atom stereocenters. The zero-order valence-electron chi connectivity index (χ0n) is 16.2. The second-order valence-electron chi connectivity index (χ2n) is 6.36. The van der Waals surface area contributed by atoms with Crippen LogP contribution in [-0.4, -0.2) is 38.3 Å². The lowest BCUT2D eigenvalue weighted by molar-refractivity contribution is -0.145. The number of ether oxygens (including phenoxy) is 1.